The van der Waals surface area contributed by atoms with E-state index in [0.29, 0.717) is 4.77 Å². The molecule has 1 aromatic carbocycles. The molecule has 1 aromatic heterocycles. The molecule has 0 unspecified atom stereocenters. The highest BCUT2D eigenvalue weighted by molar-refractivity contribution is 7.71. The van der Waals surface area contributed by atoms with Crippen LogP contribution in [0.5, 0.6) is 0 Å². The summed E-state index contributed by atoms with van der Waals surface area (Å²) in [5.74, 6) is 0.0715. The van der Waals surface area contributed by atoms with Gasteiger partial charge >= 0.3 is 0 Å². The summed E-state index contributed by atoms with van der Waals surface area (Å²) >= 11 is 5.14. The number of hydrogen-bond donors (Lipinski definition) is 2. The lowest BCUT2D eigenvalue weighted by atomic mass is 10.3. The predicted octanol–water partition coefficient (Wildman–Crippen LogP) is 1.83. The first kappa shape index (κ1) is 9.92. The highest BCUT2D eigenvalue weighted by Gasteiger charge is 2.02. The van der Waals surface area contributed by atoms with E-state index in [2.05, 4.69) is 10.4 Å². The third-order valence-corrected chi connectivity index (χ3v) is 2.36. The summed E-state index contributed by atoms with van der Waals surface area (Å²) in [7, 11) is 0. The first-order chi connectivity index (χ1) is 7.18. The van der Waals surface area contributed by atoms with Crippen molar-refractivity contribution in [3.05, 3.63) is 29.0 Å². The standard InChI is InChI=1S/C10H11N3OS/c1-7(14)6-11-13-9-5-3-2-4-8(9)12-10(13)15/h2-5,11H,6H2,1H3,(H,12,15). The number of para-hydroxylation sites is 2. The Morgan fingerprint density at radius 3 is 3.00 bits per heavy atom. The van der Waals surface area contributed by atoms with Crippen molar-refractivity contribution in [2.75, 3.05) is 12.0 Å². The van der Waals surface area contributed by atoms with E-state index in [9.17, 15) is 4.79 Å². The summed E-state index contributed by atoms with van der Waals surface area (Å²) in [4.78, 5) is 13.9. The number of fused-ring (bicyclic) bond motifs is 1. The number of aromatic nitrogens is 2. The Hall–Kier alpha value is -1.62. The number of H-pyrrole nitrogens is 1. The summed E-state index contributed by atoms with van der Waals surface area (Å²) in [5, 5.41) is 0. The van der Waals surface area contributed by atoms with Gasteiger partial charge in [-0.1, -0.05) is 12.1 Å². The van der Waals surface area contributed by atoms with Crippen LogP contribution in [0, 0.1) is 4.77 Å². The molecule has 4 nitrogen and oxygen atoms in total. The summed E-state index contributed by atoms with van der Waals surface area (Å²) in [5.41, 5.74) is 4.87. The normalized spacial score (nSPS) is 10.5. The highest BCUT2D eigenvalue weighted by atomic mass is 32.1. The molecule has 1 heterocycles. The number of hydrogen-bond acceptors (Lipinski definition) is 3. The van der Waals surface area contributed by atoms with Crippen LogP contribution in [-0.2, 0) is 4.79 Å². The Bertz CT molecular complexity index is 555. The second-order valence-corrected chi connectivity index (χ2v) is 3.71. The minimum absolute atomic E-state index is 0.0715. The monoisotopic (exact) mass is 221 g/mol. The molecular formula is C10H11N3OS. The molecule has 0 aliphatic rings. The lowest BCUT2D eigenvalue weighted by Crippen LogP contribution is -2.20. The molecule has 2 N–H and O–H groups in total. The number of carbonyl (C=O) groups excluding carboxylic acids is 1. The largest absolute Gasteiger partial charge is 0.329 e. The number of aromatic amines is 1. The van der Waals surface area contributed by atoms with E-state index in [1.807, 2.05) is 24.3 Å². The Balaban J connectivity index is 2.45. The molecule has 0 bridgehead atoms. The van der Waals surface area contributed by atoms with Gasteiger partial charge in [-0.25, -0.2) is 4.68 Å². The molecule has 0 atom stereocenters. The van der Waals surface area contributed by atoms with Crippen molar-refractivity contribution in [2.45, 2.75) is 6.92 Å². The summed E-state index contributed by atoms with van der Waals surface area (Å²) < 4.78 is 2.28. The third-order valence-electron chi connectivity index (χ3n) is 2.08. The number of nitrogens with one attached hydrogen (secondary N) is 2. The Morgan fingerprint density at radius 1 is 1.53 bits per heavy atom. The molecule has 0 fully saturated rings. The molecular weight excluding hydrogens is 210 g/mol. The number of benzene rings is 1. The number of carbonyl (C=O) groups is 1. The number of nitrogens with zero attached hydrogens (tertiary/aromatic N) is 1. The maximum absolute atomic E-state index is 10.9. The summed E-state index contributed by atoms with van der Waals surface area (Å²) in [6, 6.07) is 7.74. The molecule has 2 rings (SSSR count). The van der Waals surface area contributed by atoms with Gasteiger partial charge in [0.05, 0.1) is 17.6 Å². The molecule has 15 heavy (non-hydrogen) atoms. The number of ketones is 1. The summed E-state index contributed by atoms with van der Waals surface area (Å²) in [6.07, 6.45) is 0. The average Bonchev–Trinajstić information content (AvgIpc) is 2.50. The van der Waals surface area contributed by atoms with Crippen LogP contribution in [0.25, 0.3) is 11.0 Å². The van der Waals surface area contributed by atoms with Gasteiger partial charge in [0.25, 0.3) is 0 Å². The van der Waals surface area contributed by atoms with Crippen LogP contribution in [0.15, 0.2) is 24.3 Å². The van der Waals surface area contributed by atoms with Gasteiger partial charge in [0.1, 0.15) is 5.78 Å². The van der Waals surface area contributed by atoms with Crippen LogP contribution in [0.1, 0.15) is 6.92 Å². The van der Waals surface area contributed by atoms with Gasteiger partial charge in [-0.15, -0.1) is 0 Å². The lowest BCUT2D eigenvalue weighted by Gasteiger charge is -2.05. The Kier molecular flexibility index (Phi) is 2.55. The minimum atomic E-state index is 0.0715. The number of Topliss-reactive ketones (excluding diaryl/α,β-unsaturated/α-hetero) is 1. The number of imidazole rings is 1. The number of rotatable bonds is 3. The van der Waals surface area contributed by atoms with Gasteiger partial charge < -0.3 is 10.4 Å². The fourth-order valence-electron chi connectivity index (χ4n) is 1.40. The van der Waals surface area contributed by atoms with Crippen LogP contribution < -0.4 is 5.43 Å². The Morgan fingerprint density at radius 2 is 2.27 bits per heavy atom. The van der Waals surface area contributed by atoms with Crippen molar-refractivity contribution in [1.82, 2.24) is 9.66 Å². The van der Waals surface area contributed by atoms with Gasteiger partial charge in [0.2, 0.25) is 0 Å². The second kappa shape index (κ2) is 3.86. The molecule has 78 valence electrons. The van der Waals surface area contributed by atoms with Gasteiger partial charge in [-0.05, 0) is 31.3 Å². The fraction of sp³-hybridized carbons (Fsp3) is 0.200. The van der Waals surface area contributed by atoms with Crippen LogP contribution in [0.2, 0.25) is 0 Å². The van der Waals surface area contributed by atoms with Gasteiger partial charge in [-0.3, -0.25) is 4.79 Å². The summed E-state index contributed by atoms with van der Waals surface area (Å²) in [6.45, 7) is 1.81. The first-order valence-electron chi connectivity index (χ1n) is 4.61. The van der Waals surface area contributed by atoms with E-state index in [1.54, 1.807) is 4.68 Å². The zero-order valence-electron chi connectivity index (χ0n) is 8.28. The second-order valence-electron chi connectivity index (χ2n) is 3.32. The first-order valence-corrected chi connectivity index (χ1v) is 5.02. The quantitative estimate of drug-likeness (QED) is 0.777. The average molecular weight is 221 g/mol. The predicted molar refractivity (Wildman–Crippen MR) is 62.0 cm³/mol. The van der Waals surface area contributed by atoms with Crippen molar-refractivity contribution in [2.24, 2.45) is 0 Å². The van der Waals surface area contributed by atoms with Crippen molar-refractivity contribution < 1.29 is 4.79 Å². The van der Waals surface area contributed by atoms with E-state index in [0.717, 1.165) is 11.0 Å². The highest BCUT2D eigenvalue weighted by Crippen LogP contribution is 2.11. The smallest absolute Gasteiger partial charge is 0.197 e. The van der Waals surface area contributed by atoms with Crippen LogP contribution in [0.4, 0.5) is 0 Å². The van der Waals surface area contributed by atoms with E-state index in [4.69, 9.17) is 12.2 Å². The van der Waals surface area contributed by atoms with Crippen molar-refractivity contribution in [3.8, 4) is 0 Å². The van der Waals surface area contributed by atoms with Crippen LogP contribution in [0.3, 0.4) is 0 Å². The maximum Gasteiger partial charge on any atom is 0.197 e. The molecule has 5 heteroatoms. The van der Waals surface area contributed by atoms with Crippen LogP contribution in [-0.4, -0.2) is 22.0 Å². The molecule has 2 aromatic rings. The van der Waals surface area contributed by atoms with Crippen molar-refractivity contribution >= 4 is 29.0 Å². The van der Waals surface area contributed by atoms with E-state index in [1.165, 1.54) is 6.92 Å². The molecule has 0 saturated heterocycles. The molecule has 0 aliphatic carbocycles. The minimum Gasteiger partial charge on any atom is -0.329 e. The molecule has 0 amide bonds. The molecule has 0 spiro atoms. The SMILES string of the molecule is CC(=O)CNn1c(=S)[nH]c2ccccc21. The molecule has 0 aliphatic heterocycles. The molecule has 0 radical (unpaired) electrons. The van der Waals surface area contributed by atoms with Gasteiger partial charge in [-0.2, -0.15) is 0 Å². The molecule has 0 saturated carbocycles. The van der Waals surface area contributed by atoms with Crippen LogP contribution >= 0.6 is 12.2 Å². The van der Waals surface area contributed by atoms with Crippen molar-refractivity contribution in [3.63, 3.8) is 0 Å². The van der Waals surface area contributed by atoms with E-state index in [-0.39, 0.29) is 12.3 Å². The zero-order valence-corrected chi connectivity index (χ0v) is 9.10. The van der Waals surface area contributed by atoms with Crippen molar-refractivity contribution in [1.29, 1.82) is 0 Å². The third kappa shape index (κ3) is 1.92. The fourth-order valence-corrected chi connectivity index (χ4v) is 1.68. The maximum atomic E-state index is 10.9. The van der Waals surface area contributed by atoms with E-state index >= 15 is 0 Å². The van der Waals surface area contributed by atoms with E-state index < -0.39 is 0 Å². The zero-order chi connectivity index (χ0) is 10.8. The Labute approximate surface area is 91.9 Å². The van der Waals surface area contributed by atoms with Gasteiger partial charge in [0, 0.05) is 0 Å². The topological polar surface area (TPSA) is 49.8 Å². The van der Waals surface area contributed by atoms with Gasteiger partial charge in [0.15, 0.2) is 4.77 Å². The lowest BCUT2D eigenvalue weighted by molar-refractivity contribution is -0.115.